The lowest BCUT2D eigenvalue weighted by Crippen LogP contribution is -2.41. The van der Waals surface area contributed by atoms with E-state index in [1.165, 1.54) is 7.11 Å². The molecule has 5 heteroatoms. The summed E-state index contributed by atoms with van der Waals surface area (Å²) >= 11 is 5.10. The fraction of sp³-hybridized carbons (Fsp3) is 0.750. The Labute approximate surface area is 82.8 Å². The van der Waals surface area contributed by atoms with Crippen molar-refractivity contribution in [2.24, 2.45) is 0 Å². The van der Waals surface area contributed by atoms with E-state index in [0.29, 0.717) is 13.3 Å². The van der Waals surface area contributed by atoms with Crippen molar-refractivity contribution in [2.45, 2.75) is 19.4 Å². The van der Waals surface area contributed by atoms with E-state index in [9.17, 15) is 4.79 Å². The van der Waals surface area contributed by atoms with E-state index in [1.807, 2.05) is 6.92 Å². The van der Waals surface area contributed by atoms with Crippen molar-refractivity contribution in [3.63, 3.8) is 0 Å². The number of rotatable bonds is 2. The van der Waals surface area contributed by atoms with Gasteiger partial charge in [-0.15, -0.1) is 0 Å². The summed E-state index contributed by atoms with van der Waals surface area (Å²) in [5.74, 6) is -0.284. The lowest BCUT2D eigenvalue weighted by atomic mass is 10.3. The van der Waals surface area contributed by atoms with E-state index in [-0.39, 0.29) is 12.0 Å². The summed E-state index contributed by atoms with van der Waals surface area (Å²) in [5, 5.41) is 0. The van der Waals surface area contributed by atoms with Crippen LogP contribution < -0.4 is 0 Å². The molecular weight excluding hydrogens is 190 g/mol. The van der Waals surface area contributed by atoms with Gasteiger partial charge in [-0.05, 0) is 6.42 Å². The van der Waals surface area contributed by atoms with Gasteiger partial charge in [-0.2, -0.15) is 0 Å². The Morgan fingerprint density at radius 1 is 1.77 bits per heavy atom. The van der Waals surface area contributed by atoms with Crippen LogP contribution in [0.25, 0.3) is 0 Å². The highest BCUT2D eigenvalue weighted by atomic mass is 32.1. The van der Waals surface area contributed by atoms with Crippen LogP contribution in [-0.2, 0) is 14.3 Å². The van der Waals surface area contributed by atoms with Gasteiger partial charge in [0.25, 0.3) is 0 Å². The first-order valence-corrected chi connectivity index (χ1v) is 4.56. The maximum atomic E-state index is 11.2. The summed E-state index contributed by atoms with van der Waals surface area (Å²) in [6, 6.07) is -0.350. The van der Waals surface area contributed by atoms with E-state index < -0.39 is 0 Å². The Morgan fingerprint density at radius 3 is 3.00 bits per heavy atom. The molecule has 0 aromatic rings. The van der Waals surface area contributed by atoms with E-state index in [1.54, 1.807) is 4.90 Å². The van der Waals surface area contributed by atoms with Crippen LogP contribution in [0, 0.1) is 0 Å². The third kappa shape index (κ3) is 2.16. The Balaban J connectivity index is 2.63. The minimum absolute atomic E-state index is 0.284. The van der Waals surface area contributed by atoms with E-state index in [2.05, 4.69) is 4.74 Å². The van der Waals surface area contributed by atoms with Crippen molar-refractivity contribution in [3.8, 4) is 0 Å². The lowest BCUT2D eigenvalue weighted by Gasteiger charge is -2.21. The zero-order chi connectivity index (χ0) is 9.84. The summed E-state index contributed by atoms with van der Waals surface area (Å²) in [5.41, 5.74) is 0. The van der Waals surface area contributed by atoms with Crippen molar-refractivity contribution in [1.82, 2.24) is 4.90 Å². The molecular formula is C8H13NO3S. The average Bonchev–Trinajstić information content (AvgIpc) is 2.63. The minimum Gasteiger partial charge on any atom is -0.467 e. The number of methoxy groups -OCH3 is 1. The topological polar surface area (TPSA) is 38.8 Å². The van der Waals surface area contributed by atoms with Crippen LogP contribution in [0.15, 0.2) is 0 Å². The number of carbonyl (C=O) groups excluding carboxylic acids is 1. The number of thiocarbonyl (C=S) groups is 1. The molecule has 0 spiro atoms. The summed E-state index contributed by atoms with van der Waals surface area (Å²) in [4.78, 5) is 13.7. The van der Waals surface area contributed by atoms with Gasteiger partial charge in [0, 0.05) is 0 Å². The predicted octanol–water partition coefficient (Wildman–Crippen LogP) is 0.555. The van der Waals surface area contributed by atoms with Crippen LogP contribution in [0.2, 0.25) is 0 Å². The number of hydrogen-bond acceptors (Lipinski definition) is 4. The molecule has 0 aromatic heterocycles. The Bertz CT molecular complexity index is 197. The molecule has 0 aromatic carbocycles. The molecule has 0 saturated carbocycles. The van der Waals surface area contributed by atoms with Crippen LogP contribution in [-0.4, -0.2) is 42.3 Å². The number of ether oxygens (including phenoxy) is 2. The second-order valence-corrected chi connectivity index (χ2v) is 3.23. The van der Waals surface area contributed by atoms with Crippen molar-refractivity contribution < 1.29 is 14.3 Å². The molecule has 0 radical (unpaired) electrons. The number of esters is 1. The zero-order valence-electron chi connectivity index (χ0n) is 7.78. The van der Waals surface area contributed by atoms with Gasteiger partial charge in [0.15, 0.2) is 6.04 Å². The van der Waals surface area contributed by atoms with Gasteiger partial charge < -0.3 is 14.4 Å². The first kappa shape index (κ1) is 10.4. The molecule has 1 saturated heterocycles. The third-order valence-corrected chi connectivity index (χ3v) is 2.50. The molecule has 1 fully saturated rings. The first-order valence-electron chi connectivity index (χ1n) is 4.15. The molecule has 1 aliphatic heterocycles. The van der Waals surface area contributed by atoms with Crippen LogP contribution in [0.1, 0.15) is 13.3 Å². The molecule has 74 valence electrons. The van der Waals surface area contributed by atoms with Crippen LogP contribution in [0.5, 0.6) is 0 Å². The smallest absolute Gasteiger partial charge is 0.331 e. The summed E-state index contributed by atoms with van der Waals surface area (Å²) in [6.07, 6.45) is 0.742. The molecule has 1 aliphatic rings. The molecule has 13 heavy (non-hydrogen) atoms. The standard InChI is InChI=1S/C8H13NO3S/c1-3-7(13)9-5-12-4-6(9)8(10)11-2/h6H,3-5H2,1-2H3. The highest BCUT2D eigenvalue weighted by molar-refractivity contribution is 7.80. The van der Waals surface area contributed by atoms with Crippen LogP contribution >= 0.6 is 12.2 Å². The largest absolute Gasteiger partial charge is 0.467 e. The van der Waals surface area contributed by atoms with Crippen molar-refractivity contribution in [1.29, 1.82) is 0 Å². The van der Waals surface area contributed by atoms with Crippen molar-refractivity contribution in [2.75, 3.05) is 20.4 Å². The van der Waals surface area contributed by atoms with Gasteiger partial charge in [0.1, 0.15) is 6.73 Å². The van der Waals surface area contributed by atoms with Crippen LogP contribution in [0.3, 0.4) is 0 Å². The predicted molar refractivity (Wildman–Crippen MR) is 51.4 cm³/mol. The second kappa shape index (κ2) is 4.53. The molecule has 1 atom stereocenters. The summed E-state index contributed by atoms with van der Waals surface area (Å²) in [6.45, 7) is 2.72. The number of carbonyl (C=O) groups is 1. The molecule has 4 nitrogen and oxygen atoms in total. The monoisotopic (exact) mass is 203 g/mol. The molecule has 1 unspecified atom stereocenters. The van der Waals surface area contributed by atoms with Gasteiger partial charge in [-0.25, -0.2) is 4.79 Å². The lowest BCUT2D eigenvalue weighted by molar-refractivity contribution is -0.144. The third-order valence-electron chi connectivity index (χ3n) is 1.98. The van der Waals surface area contributed by atoms with Crippen molar-refractivity contribution >= 4 is 23.2 Å². The van der Waals surface area contributed by atoms with Gasteiger partial charge >= 0.3 is 5.97 Å². The molecule has 0 amide bonds. The van der Waals surface area contributed by atoms with Gasteiger partial charge in [0.05, 0.1) is 18.7 Å². The molecule has 0 bridgehead atoms. The zero-order valence-corrected chi connectivity index (χ0v) is 8.60. The summed E-state index contributed by atoms with van der Waals surface area (Å²) in [7, 11) is 1.37. The Hall–Kier alpha value is -0.680. The van der Waals surface area contributed by atoms with E-state index in [4.69, 9.17) is 17.0 Å². The van der Waals surface area contributed by atoms with Gasteiger partial charge in [0.2, 0.25) is 0 Å². The quantitative estimate of drug-likeness (QED) is 0.484. The highest BCUT2D eigenvalue weighted by Crippen LogP contribution is 2.13. The maximum absolute atomic E-state index is 11.2. The first-order chi connectivity index (χ1) is 6.20. The van der Waals surface area contributed by atoms with E-state index >= 15 is 0 Å². The minimum atomic E-state index is -0.350. The van der Waals surface area contributed by atoms with Crippen molar-refractivity contribution in [3.05, 3.63) is 0 Å². The summed E-state index contributed by atoms with van der Waals surface area (Å²) < 4.78 is 9.79. The molecule has 0 aliphatic carbocycles. The fourth-order valence-electron chi connectivity index (χ4n) is 1.22. The maximum Gasteiger partial charge on any atom is 0.331 e. The Kier molecular flexibility index (Phi) is 3.62. The van der Waals surface area contributed by atoms with Gasteiger partial charge in [-0.3, -0.25) is 0 Å². The van der Waals surface area contributed by atoms with Crippen LogP contribution in [0.4, 0.5) is 0 Å². The molecule has 1 rings (SSSR count). The normalized spacial score (nSPS) is 21.7. The average molecular weight is 203 g/mol. The SMILES string of the molecule is CCC(=S)N1COCC1C(=O)OC. The molecule has 0 N–H and O–H groups in total. The number of nitrogens with zero attached hydrogens (tertiary/aromatic N) is 1. The fourth-order valence-corrected chi connectivity index (χ4v) is 1.40. The Morgan fingerprint density at radius 2 is 2.46 bits per heavy atom. The molecule has 1 heterocycles. The number of hydrogen-bond donors (Lipinski definition) is 0. The highest BCUT2D eigenvalue weighted by Gasteiger charge is 2.33. The second-order valence-electron chi connectivity index (χ2n) is 2.76. The van der Waals surface area contributed by atoms with E-state index in [0.717, 1.165) is 11.4 Å². The van der Waals surface area contributed by atoms with Gasteiger partial charge in [-0.1, -0.05) is 19.1 Å².